The smallest absolute Gasteiger partial charge is 0.255 e. The van der Waals surface area contributed by atoms with E-state index in [-0.39, 0.29) is 5.91 Å². The summed E-state index contributed by atoms with van der Waals surface area (Å²) < 4.78 is 7.46. The van der Waals surface area contributed by atoms with Crippen LogP contribution in [0.4, 0.5) is 5.69 Å². The number of rotatable bonds is 8. The molecule has 0 saturated carbocycles. The van der Waals surface area contributed by atoms with Crippen molar-refractivity contribution in [3.63, 3.8) is 0 Å². The Morgan fingerprint density at radius 2 is 1.81 bits per heavy atom. The van der Waals surface area contributed by atoms with Gasteiger partial charge in [0.1, 0.15) is 17.1 Å². The third-order valence-electron chi connectivity index (χ3n) is 5.53. The van der Waals surface area contributed by atoms with Crippen molar-refractivity contribution in [3.8, 4) is 5.75 Å². The van der Waals surface area contributed by atoms with Crippen LogP contribution in [0.2, 0.25) is 0 Å². The lowest BCUT2D eigenvalue weighted by atomic mass is 10.2. The summed E-state index contributed by atoms with van der Waals surface area (Å²) in [6.07, 6.45) is 3.03. The number of anilines is 1. The minimum Gasteiger partial charge on any atom is -0.497 e. The third kappa shape index (κ3) is 4.64. The molecule has 2 aromatic carbocycles. The Hall–Kier alpha value is -3.67. The van der Waals surface area contributed by atoms with E-state index in [2.05, 4.69) is 28.9 Å². The van der Waals surface area contributed by atoms with E-state index in [4.69, 9.17) is 14.7 Å². The van der Waals surface area contributed by atoms with Gasteiger partial charge in [0.25, 0.3) is 5.91 Å². The van der Waals surface area contributed by atoms with Crippen LogP contribution in [-0.2, 0) is 13.0 Å². The molecule has 2 heterocycles. The van der Waals surface area contributed by atoms with Gasteiger partial charge in [-0.2, -0.15) is 0 Å². The molecule has 0 fully saturated rings. The van der Waals surface area contributed by atoms with E-state index in [1.54, 1.807) is 19.2 Å². The van der Waals surface area contributed by atoms with Gasteiger partial charge in [0, 0.05) is 12.0 Å². The van der Waals surface area contributed by atoms with Crippen LogP contribution < -0.4 is 10.1 Å². The summed E-state index contributed by atoms with van der Waals surface area (Å²) >= 11 is 0. The van der Waals surface area contributed by atoms with E-state index in [1.807, 2.05) is 43.3 Å². The minimum absolute atomic E-state index is 0.154. The summed E-state index contributed by atoms with van der Waals surface area (Å²) in [5.74, 6) is 1.69. The number of hydrogen-bond donors (Lipinski definition) is 1. The van der Waals surface area contributed by atoms with E-state index >= 15 is 0 Å². The second kappa shape index (κ2) is 9.64. The first-order valence-electron chi connectivity index (χ1n) is 10.9. The molecule has 1 amide bonds. The predicted octanol–water partition coefficient (Wildman–Crippen LogP) is 5.39. The van der Waals surface area contributed by atoms with Crippen molar-refractivity contribution < 1.29 is 9.53 Å². The highest BCUT2D eigenvalue weighted by molar-refractivity contribution is 6.05. The molecule has 32 heavy (non-hydrogen) atoms. The van der Waals surface area contributed by atoms with E-state index in [0.717, 1.165) is 53.3 Å². The van der Waals surface area contributed by atoms with Gasteiger partial charge in [-0.15, -0.1) is 0 Å². The van der Waals surface area contributed by atoms with Crippen LogP contribution in [0.1, 0.15) is 47.2 Å². The molecule has 0 radical (unpaired) electrons. The van der Waals surface area contributed by atoms with Gasteiger partial charge in [-0.25, -0.2) is 9.97 Å². The second-order valence-electron chi connectivity index (χ2n) is 7.85. The zero-order valence-corrected chi connectivity index (χ0v) is 18.8. The van der Waals surface area contributed by atoms with Gasteiger partial charge in [0.05, 0.1) is 25.0 Å². The number of carbonyl (C=O) groups excluding carboxylic acids is 1. The van der Waals surface area contributed by atoms with Gasteiger partial charge in [0.15, 0.2) is 5.65 Å². The lowest BCUT2D eigenvalue weighted by molar-refractivity contribution is 0.102. The average molecular weight is 429 g/mol. The SMILES string of the molecule is CCCCc1nc2cc(NC(=O)c3ccccc3)c(C)nc2n1Cc1ccc(OC)cc1. The maximum Gasteiger partial charge on any atom is 0.255 e. The Balaban J connectivity index is 1.68. The zero-order chi connectivity index (χ0) is 22.5. The van der Waals surface area contributed by atoms with Gasteiger partial charge in [-0.3, -0.25) is 4.79 Å². The summed E-state index contributed by atoms with van der Waals surface area (Å²) in [7, 11) is 1.67. The van der Waals surface area contributed by atoms with E-state index in [1.165, 1.54) is 0 Å². The van der Waals surface area contributed by atoms with Crippen molar-refractivity contribution in [1.82, 2.24) is 14.5 Å². The summed E-state index contributed by atoms with van der Waals surface area (Å²) in [5.41, 5.74) is 4.84. The normalized spacial score (nSPS) is 11.0. The fraction of sp³-hybridized carbons (Fsp3) is 0.269. The van der Waals surface area contributed by atoms with Crippen LogP contribution in [0.5, 0.6) is 5.75 Å². The molecule has 0 bridgehead atoms. The van der Waals surface area contributed by atoms with Gasteiger partial charge in [0.2, 0.25) is 0 Å². The molecule has 6 nitrogen and oxygen atoms in total. The van der Waals surface area contributed by atoms with Crippen LogP contribution in [0.15, 0.2) is 60.7 Å². The lowest BCUT2D eigenvalue weighted by Gasteiger charge is -2.11. The topological polar surface area (TPSA) is 69.0 Å². The molecule has 0 aliphatic carbocycles. The van der Waals surface area contributed by atoms with Crippen molar-refractivity contribution in [1.29, 1.82) is 0 Å². The maximum absolute atomic E-state index is 12.6. The summed E-state index contributed by atoms with van der Waals surface area (Å²) in [6, 6.07) is 19.2. The molecular weight excluding hydrogens is 400 g/mol. The summed E-state index contributed by atoms with van der Waals surface area (Å²) in [5, 5.41) is 2.99. The van der Waals surface area contributed by atoms with E-state index in [9.17, 15) is 4.79 Å². The highest BCUT2D eigenvalue weighted by Crippen LogP contribution is 2.24. The molecule has 4 aromatic rings. The zero-order valence-electron chi connectivity index (χ0n) is 18.8. The van der Waals surface area contributed by atoms with Gasteiger partial charge in [-0.05, 0) is 49.2 Å². The average Bonchev–Trinajstić information content (AvgIpc) is 3.14. The number of nitrogens with zero attached hydrogens (tertiary/aromatic N) is 3. The molecule has 0 atom stereocenters. The number of methoxy groups -OCH3 is 1. The summed E-state index contributed by atoms with van der Waals surface area (Å²) in [6.45, 7) is 4.77. The van der Waals surface area contributed by atoms with Crippen LogP contribution in [0.25, 0.3) is 11.2 Å². The molecule has 164 valence electrons. The molecule has 0 spiro atoms. The molecule has 2 aromatic heterocycles. The number of carbonyl (C=O) groups is 1. The highest BCUT2D eigenvalue weighted by Gasteiger charge is 2.16. The molecule has 6 heteroatoms. The first-order chi connectivity index (χ1) is 15.6. The number of hydrogen-bond acceptors (Lipinski definition) is 4. The Labute approximate surface area is 188 Å². The fourth-order valence-corrected chi connectivity index (χ4v) is 3.70. The van der Waals surface area contributed by atoms with Crippen molar-refractivity contribution in [2.45, 2.75) is 39.7 Å². The molecule has 1 N–H and O–H groups in total. The van der Waals surface area contributed by atoms with Crippen molar-refractivity contribution in [2.75, 3.05) is 12.4 Å². The van der Waals surface area contributed by atoms with Gasteiger partial charge in [-0.1, -0.05) is 43.7 Å². The van der Waals surface area contributed by atoms with Gasteiger partial charge >= 0.3 is 0 Å². The number of fused-ring (bicyclic) bond motifs is 1. The van der Waals surface area contributed by atoms with E-state index in [0.29, 0.717) is 17.8 Å². The first kappa shape index (κ1) is 21.6. The molecule has 0 unspecified atom stereocenters. The maximum atomic E-state index is 12.6. The quantitative estimate of drug-likeness (QED) is 0.408. The molecule has 4 rings (SSSR count). The number of ether oxygens (including phenoxy) is 1. The van der Waals surface area contributed by atoms with Gasteiger partial charge < -0.3 is 14.6 Å². The van der Waals surface area contributed by atoms with Crippen molar-refractivity contribution >= 4 is 22.8 Å². The highest BCUT2D eigenvalue weighted by atomic mass is 16.5. The minimum atomic E-state index is -0.154. The monoisotopic (exact) mass is 428 g/mol. The van der Waals surface area contributed by atoms with Crippen molar-refractivity contribution in [2.24, 2.45) is 0 Å². The molecular formula is C26H28N4O2. The molecule has 0 saturated heterocycles. The fourth-order valence-electron chi connectivity index (χ4n) is 3.70. The van der Waals surface area contributed by atoms with Crippen LogP contribution in [0, 0.1) is 6.92 Å². The van der Waals surface area contributed by atoms with E-state index < -0.39 is 0 Å². The third-order valence-corrected chi connectivity index (χ3v) is 5.53. The number of nitrogens with one attached hydrogen (secondary N) is 1. The second-order valence-corrected chi connectivity index (χ2v) is 7.85. The number of aromatic nitrogens is 3. The lowest BCUT2D eigenvalue weighted by Crippen LogP contribution is -2.13. The molecule has 0 aliphatic heterocycles. The standard InChI is InChI=1S/C26H28N4O2/c1-4-5-11-24-28-23-16-22(29-26(31)20-9-7-6-8-10-20)18(2)27-25(23)30(24)17-19-12-14-21(32-3)15-13-19/h6-10,12-16H,4-5,11,17H2,1-3H3,(H,29,31). The Kier molecular flexibility index (Phi) is 6.50. The largest absolute Gasteiger partial charge is 0.497 e. The number of imidazole rings is 1. The number of benzene rings is 2. The van der Waals surface area contributed by atoms with Crippen LogP contribution >= 0.6 is 0 Å². The Morgan fingerprint density at radius 1 is 1.06 bits per heavy atom. The number of amides is 1. The van der Waals surface area contributed by atoms with Crippen LogP contribution in [-0.4, -0.2) is 27.6 Å². The van der Waals surface area contributed by atoms with Crippen molar-refractivity contribution in [3.05, 3.63) is 83.3 Å². The van der Waals surface area contributed by atoms with Crippen LogP contribution in [0.3, 0.4) is 0 Å². The Morgan fingerprint density at radius 3 is 2.50 bits per heavy atom. The number of unbranched alkanes of at least 4 members (excludes halogenated alkanes) is 1. The summed E-state index contributed by atoms with van der Waals surface area (Å²) in [4.78, 5) is 22.4. The number of aryl methyl sites for hydroxylation is 2. The number of pyridine rings is 1. The molecule has 0 aliphatic rings. The predicted molar refractivity (Wildman–Crippen MR) is 127 cm³/mol. The Bertz CT molecular complexity index is 1210. The first-order valence-corrected chi connectivity index (χ1v) is 10.9.